The highest BCUT2D eigenvalue weighted by atomic mass is 16.6. The normalized spacial score (nSPS) is 12.8. The predicted molar refractivity (Wildman–Crippen MR) is 251 cm³/mol. The molecule has 59 heavy (non-hydrogen) atoms. The number of rotatable bonds is 42. The monoisotopic (exact) mass is 821 g/mol. The molecule has 1 atom stereocenters. The van der Waals surface area contributed by atoms with E-state index < -0.39 is 6.10 Å². The Morgan fingerprint density at radius 2 is 0.695 bits per heavy atom. The fourth-order valence-electron chi connectivity index (χ4n) is 6.33. The smallest absolute Gasteiger partial charge is 0.306 e. The molecule has 6 nitrogen and oxygen atoms in total. The lowest BCUT2D eigenvalue weighted by molar-refractivity contribution is -0.167. The van der Waals surface area contributed by atoms with E-state index in [-0.39, 0.29) is 37.5 Å². The maximum Gasteiger partial charge on any atom is 0.306 e. The van der Waals surface area contributed by atoms with Crippen LogP contribution in [0.25, 0.3) is 0 Å². The van der Waals surface area contributed by atoms with Crippen molar-refractivity contribution in [1.29, 1.82) is 0 Å². The first-order chi connectivity index (χ1) is 29.0. The summed E-state index contributed by atoms with van der Waals surface area (Å²) in [7, 11) is 0. The van der Waals surface area contributed by atoms with Crippen LogP contribution in [0.1, 0.15) is 213 Å². The summed E-state index contributed by atoms with van der Waals surface area (Å²) in [6.45, 7) is 6.36. The highest BCUT2D eigenvalue weighted by molar-refractivity contribution is 5.71. The van der Waals surface area contributed by atoms with Crippen LogP contribution in [0, 0.1) is 0 Å². The van der Waals surface area contributed by atoms with Crippen LogP contribution < -0.4 is 0 Å². The van der Waals surface area contributed by atoms with Crippen LogP contribution in [0.2, 0.25) is 0 Å². The van der Waals surface area contributed by atoms with Crippen LogP contribution in [-0.4, -0.2) is 37.2 Å². The molecule has 0 saturated heterocycles. The molecule has 1 unspecified atom stereocenters. The molecule has 0 amide bonds. The van der Waals surface area contributed by atoms with Crippen molar-refractivity contribution in [2.75, 3.05) is 13.2 Å². The average Bonchev–Trinajstić information content (AvgIpc) is 3.23. The number of unbranched alkanes of at least 4 members (excludes halogenated alkanes) is 21. The van der Waals surface area contributed by atoms with Crippen LogP contribution in [0.5, 0.6) is 0 Å². The van der Waals surface area contributed by atoms with Gasteiger partial charge in [-0.1, -0.05) is 196 Å². The van der Waals surface area contributed by atoms with Gasteiger partial charge in [-0.15, -0.1) is 0 Å². The van der Waals surface area contributed by atoms with Crippen molar-refractivity contribution in [2.24, 2.45) is 0 Å². The minimum Gasteiger partial charge on any atom is -0.462 e. The second-order valence-electron chi connectivity index (χ2n) is 15.8. The van der Waals surface area contributed by atoms with Gasteiger partial charge in [0.2, 0.25) is 0 Å². The number of allylic oxidation sites excluding steroid dienone is 14. The van der Waals surface area contributed by atoms with Crippen molar-refractivity contribution < 1.29 is 28.6 Å². The number of hydrogen-bond donors (Lipinski definition) is 0. The minimum atomic E-state index is -0.807. The van der Waals surface area contributed by atoms with E-state index >= 15 is 0 Å². The van der Waals surface area contributed by atoms with Gasteiger partial charge in [0.25, 0.3) is 0 Å². The molecule has 0 rings (SSSR count). The van der Waals surface area contributed by atoms with Crippen LogP contribution >= 0.6 is 0 Å². The SMILES string of the molecule is CC\C=C/C=C\C=C/C=C\CCCCCC(=O)OC(COC(=O)CCC/C=C\CCCCCC)COC(=O)CCCCCCCCCCCC/C=C\C=C/CCCCC. The summed E-state index contributed by atoms with van der Waals surface area (Å²) in [6.07, 6.45) is 60.1. The van der Waals surface area contributed by atoms with Crippen LogP contribution in [0.4, 0.5) is 0 Å². The number of hydrogen-bond acceptors (Lipinski definition) is 6. The van der Waals surface area contributed by atoms with E-state index in [0.717, 1.165) is 57.8 Å². The van der Waals surface area contributed by atoms with E-state index in [0.29, 0.717) is 25.7 Å². The van der Waals surface area contributed by atoms with Gasteiger partial charge in [-0.3, -0.25) is 14.4 Å². The maximum atomic E-state index is 12.7. The standard InChI is InChI=1S/C53H88O6/c1-4-7-10-13-16-19-21-23-24-25-26-27-28-30-31-34-37-40-43-46-52(55)58-49-50(48-57-51(54)45-42-39-36-33-18-15-12-9-6-3)59-53(56)47-44-41-38-35-32-29-22-20-17-14-11-8-5-2/h8,11,14,16-17,19-23,29,32-33,36,50H,4-7,9-10,12-13,15,18,24-28,30-31,34-35,37-49H2,1-3H3/b11-8-,17-14-,19-16-,22-20-,23-21-,32-29-,36-33-. The van der Waals surface area contributed by atoms with Crippen molar-refractivity contribution in [3.63, 3.8) is 0 Å². The van der Waals surface area contributed by atoms with Crippen molar-refractivity contribution in [1.82, 2.24) is 0 Å². The summed E-state index contributed by atoms with van der Waals surface area (Å²) in [5.41, 5.74) is 0. The molecular weight excluding hydrogens is 733 g/mol. The lowest BCUT2D eigenvalue weighted by atomic mass is 10.1. The third-order valence-electron chi connectivity index (χ3n) is 9.98. The third kappa shape index (κ3) is 45.5. The van der Waals surface area contributed by atoms with Crippen molar-refractivity contribution >= 4 is 17.9 Å². The molecule has 0 N–H and O–H groups in total. The van der Waals surface area contributed by atoms with E-state index in [1.807, 2.05) is 36.5 Å². The minimum absolute atomic E-state index is 0.104. The largest absolute Gasteiger partial charge is 0.462 e. The Labute approximate surface area is 363 Å². The van der Waals surface area contributed by atoms with Crippen molar-refractivity contribution in [3.8, 4) is 0 Å². The van der Waals surface area contributed by atoms with E-state index in [9.17, 15) is 14.4 Å². The van der Waals surface area contributed by atoms with Crippen LogP contribution in [0.3, 0.4) is 0 Å². The molecule has 0 aliphatic heterocycles. The topological polar surface area (TPSA) is 78.9 Å². The van der Waals surface area contributed by atoms with Gasteiger partial charge in [-0.2, -0.15) is 0 Å². The van der Waals surface area contributed by atoms with E-state index in [4.69, 9.17) is 14.2 Å². The Morgan fingerprint density at radius 3 is 1.22 bits per heavy atom. The summed E-state index contributed by atoms with van der Waals surface area (Å²) >= 11 is 0. The van der Waals surface area contributed by atoms with Crippen molar-refractivity contribution in [3.05, 3.63) is 85.1 Å². The molecule has 0 aliphatic carbocycles. The Morgan fingerprint density at radius 1 is 0.356 bits per heavy atom. The predicted octanol–water partition coefficient (Wildman–Crippen LogP) is 15.6. The van der Waals surface area contributed by atoms with Crippen molar-refractivity contribution in [2.45, 2.75) is 219 Å². The summed E-state index contributed by atoms with van der Waals surface area (Å²) in [5.74, 6) is -0.989. The summed E-state index contributed by atoms with van der Waals surface area (Å²) in [5, 5.41) is 0. The molecule has 0 fully saturated rings. The van der Waals surface area contributed by atoms with E-state index in [1.165, 1.54) is 103 Å². The molecule has 0 aliphatic rings. The number of carbonyl (C=O) groups excluding carboxylic acids is 3. The Kier molecular flexibility index (Phi) is 44.5. The molecule has 6 heteroatoms. The summed E-state index contributed by atoms with van der Waals surface area (Å²) < 4.78 is 16.6. The third-order valence-corrected chi connectivity index (χ3v) is 9.98. The Bertz CT molecular complexity index is 1170. The van der Waals surface area contributed by atoms with Gasteiger partial charge >= 0.3 is 17.9 Å². The van der Waals surface area contributed by atoms with E-state index in [2.05, 4.69) is 69.4 Å². The fraction of sp³-hybridized carbons (Fsp3) is 0.679. The van der Waals surface area contributed by atoms with Gasteiger partial charge in [-0.25, -0.2) is 0 Å². The quantitative estimate of drug-likeness (QED) is 0.0201. The highest BCUT2D eigenvalue weighted by Crippen LogP contribution is 2.14. The first kappa shape index (κ1) is 55.6. The number of carbonyl (C=O) groups is 3. The zero-order valence-electron chi connectivity index (χ0n) is 38.2. The zero-order valence-corrected chi connectivity index (χ0v) is 38.2. The van der Waals surface area contributed by atoms with Gasteiger partial charge in [0.15, 0.2) is 6.10 Å². The summed E-state index contributed by atoms with van der Waals surface area (Å²) in [4.78, 5) is 37.7. The van der Waals surface area contributed by atoms with E-state index in [1.54, 1.807) is 0 Å². The van der Waals surface area contributed by atoms with Gasteiger partial charge in [0.1, 0.15) is 13.2 Å². The fourth-order valence-corrected chi connectivity index (χ4v) is 6.33. The highest BCUT2D eigenvalue weighted by Gasteiger charge is 2.19. The zero-order chi connectivity index (χ0) is 43.0. The van der Waals surface area contributed by atoms with Crippen LogP contribution in [-0.2, 0) is 28.6 Å². The molecule has 0 radical (unpaired) electrons. The van der Waals surface area contributed by atoms with Gasteiger partial charge < -0.3 is 14.2 Å². The molecule has 0 heterocycles. The molecule has 0 spiro atoms. The van der Waals surface area contributed by atoms with Gasteiger partial charge in [0.05, 0.1) is 0 Å². The second kappa shape index (κ2) is 47.3. The molecule has 0 aromatic rings. The molecule has 0 saturated carbocycles. The van der Waals surface area contributed by atoms with Gasteiger partial charge in [0, 0.05) is 19.3 Å². The molecule has 0 aromatic carbocycles. The maximum absolute atomic E-state index is 12.7. The Balaban J connectivity index is 4.38. The Hall–Kier alpha value is -3.41. The average molecular weight is 821 g/mol. The molecule has 0 bridgehead atoms. The lowest BCUT2D eigenvalue weighted by Gasteiger charge is -2.18. The number of esters is 3. The van der Waals surface area contributed by atoms with Crippen LogP contribution in [0.15, 0.2) is 85.1 Å². The molecule has 336 valence electrons. The van der Waals surface area contributed by atoms with Gasteiger partial charge in [-0.05, 0) is 83.5 Å². The lowest BCUT2D eigenvalue weighted by Crippen LogP contribution is -2.30. The molecule has 0 aromatic heterocycles. The number of ether oxygens (including phenoxy) is 3. The second-order valence-corrected chi connectivity index (χ2v) is 15.8. The first-order valence-corrected chi connectivity index (χ1v) is 24.2. The summed E-state index contributed by atoms with van der Waals surface area (Å²) in [6, 6.07) is 0. The first-order valence-electron chi connectivity index (χ1n) is 24.2. The molecular formula is C53H88O6.